The van der Waals surface area contributed by atoms with Crippen LogP contribution in [0.3, 0.4) is 0 Å². The molecule has 4 rings (SSSR count). The van der Waals surface area contributed by atoms with Gasteiger partial charge in [-0.1, -0.05) is 18.2 Å². The van der Waals surface area contributed by atoms with E-state index in [9.17, 15) is 13.2 Å². The van der Waals surface area contributed by atoms with Gasteiger partial charge in [-0.05, 0) is 44.0 Å². The average molecular weight is 401 g/mol. The number of rotatable bonds is 4. The minimum Gasteiger partial charge on any atom is -0.341 e. The number of nitrogens with zero attached hydrogens (tertiary/aromatic N) is 2. The Balaban J connectivity index is 1.56. The molecule has 3 aromatic rings. The maximum absolute atomic E-state index is 12.7. The SMILES string of the molecule is CCn1c2ccccc2c2cc(NC(=O)C3CCN(S(N)(=O)=O)CC3)ccc21. The second kappa shape index (κ2) is 7.20. The molecule has 3 N–H and O–H groups in total. The summed E-state index contributed by atoms with van der Waals surface area (Å²) >= 11 is 0. The maximum atomic E-state index is 12.7. The van der Waals surface area contributed by atoms with Crippen LogP contribution in [0.15, 0.2) is 42.5 Å². The van der Waals surface area contributed by atoms with E-state index in [0.717, 1.165) is 28.5 Å². The highest BCUT2D eigenvalue weighted by Gasteiger charge is 2.29. The first kappa shape index (κ1) is 18.9. The summed E-state index contributed by atoms with van der Waals surface area (Å²) in [7, 11) is -3.68. The van der Waals surface area contributed by atoms with E-state index >= 15 is 0 Å². The lowest BCUT2D eigenvalue weighted by atomic mass is 9.97. The van der Waals surface area contributed by atoms with Gasteiger partial charge in [0.2, 0.25) is 5.91 Å². The van der Waals surface area contributed by atoms with Gasteiger partial charge >= 0.3 is 0 Å². The Morgan fingerprint density at radius 2 is 1.79 bits per heavy atom. The van der Waals surface area contributed by atoms with Crippen LogP contribution in [0.4, 0.5) is 5.69 Å². The highest BCUT2D eigenvalue weighted by Crippen LogP contribution is 2.31. The lowest BCUT2D eigenvalue weighted by Crippen LogP contribution is -2.44. The van der Waals surface area contributed by atoms with Crippen LogP contribution in [-0.2, 0) is 21.5 Å². The van der Waals surface area contributed by atoms with Crippen LogP contribution in [0, 0.1) is 5.92 Å². The molecule has 28 heavy (non-hydrogen) atoms. The molecular weight excluding hydrogens is 376 g/mol. The number of aromatic nitrogens is 1. The number of nitrogens with one attached hydrogen (secondary N) is 1. The van der Waals surface area contributed by atoms with Crippen LogP contribution in [0.5, 0.6) is 0 Å². The molecule has 0 radical (unpaired) electrons. The molecule has 1 amide bonds. The van der Waals surface area contributed by atoms with E-state index in [4.69, 9.17) is 5.14 Å². The molecule has 0 spiro atoms. The normalized spacial score (nSPS) is 16.6. The van der Waals surface area contributed by atoms with Crippen molar-refractivity contribution in [3.63, 3.8) is 0 Å². The zero-order chi connectivity index (χ0) is 19.9. The van der Waals surface area contributed by atoms with Gasteiger partial charge in [0.15, 0.2) is 0 Å². The molecule has 148 valence electrons. The van der Waals surface area contributed by atoms with E-state index in [0.29, 0.717) is 12.8 Å². The third-order valence-corrected chi connectivity index (χ3v) is 6.63. The van der Waals surface area contributed by atoms with Gasteiger partial charge in [0.05, 0.1) is 0 Å². The highest BCUT2D eigenvalue weighted by molar-refractivity contribution is 7.86. The zero-order valence-corrected chi connectivity index (χ0v) is 16.6. The van der Waals surface area contributed by atoms with Crippen molar-refractivity contribution < 1.29 is 13.2 Å². The summed E-state index contributed by atoms with van der Waals surface area (Å²) in [6, 6.07) is 14.2. The van der Waals surface area contributed by atoms with Crippen molar-refractivity contribution in [2.45, 2.75) is 26.3 Å². The second-order valence-corrected chi connectivity index (χ2v) is 8.75. The highest BCUT2D eigenvalue weighted by atomic mass is 32.2. The van der Waals surface area contributed by atoms with Crippen LogP contribution < -0.4 is 10.5 Å². The van der Waals surface area contributed by atoms with Gasteiger partial charge in [0.1, 0.15) is 0 Å². The maximum Gasteiger partial charge on any atom is 0.276 e. The van der Waals surface area contributed by atoms with E-state index in [1.165, 1.54) is 9.82 Å². The Hall–Kier alpha value is -2.42. The number of nitrogens with two attached hydrogens (primary N) is 1. The molecule has 7 nitrogen and oxygen atoms in total. The Bertz CT molecular complexity index is 1140. The molecule has 0 atom stereocenters. The molecule has 0 unspecified atom stereocenters. The summed E-state index contributed by atoms with van der Waals surface area (Å²) < 4.78 is 26.3. The lowest BCUT2D eigenvalue weighted by molar-refractivity contribution is -0.120. The number of aryl methyl sites for hydroxylation is 1. The van der Waals surface area contributed by atoms with Gasteiger partial charge in [0, 0.05) is 53.0 Å². The predicted molar refractivity (Wildman–Crippen MR) is 111 cm³/mol. The van der Waals surface area contributed by atoms with Gasteiger partial charge in [0.25, 0.3) is 10.2 Å². The molecule has 2 heterocycles. The van der Waals surface area contributed by atoms with Crippen LogP contribution in [-0.4, -0.2) is 36.3 Å². The van der Waals surface area contributed by atoms with Crippen molar-refractivity contribution in [3.05, 3.63) is 42.5 Å². The summed E-state index contributed by atoms with van der Waals surface area (Å²) in [4.78, 5) is 12.7. The molecule has 1 aliphatic heterocycles. The Kier molecular flexibility index (Phi) is 4.86. The Morgan fingerprint density at radius 1 is 1.11 bits per heavy atom. The van der Waals surface area contributed by atoms with E-state index in [1.807, 2.05) is 30.3 Å². The molecule has 1 aromatic heterocycles. The summed E-state index contributed by atoms with van der Waals surface area (Å²) in [6.45, 7) is 3.55. The second-order valence-electron chi connectivity index (χ2n) is 7.20. The summed E-state index contributed by atoms with van der Waals surface area (Å²) in [5.74, 6) is -0.293. The number of benzene rings is 2. The van der Waals surface area contributed by atoms with Gasteiger partial charge < -0.3 is 9.88 Å². The number of carbonyl (C=O) groups excluding carboxylic acids is 1. The van der Waals surface area contributed by atoms with E-state index < -0.39 is 10.2 Å². The lowest BCUT2D eigenvalue weighted by Gasteiger charge is -2.29. The Morgan fingerprint density at radius 3 is 2.46 bits per heavy atom. The van der Waals surface area contributed by atoms with Crippen molar-refractivity contribution in [1.29, 1.82) is 0 Å². The van der Waals surface area contributed by atoms with E-state index in [2.05, 4.69) is 28.9 Å². The van der Waals surface area contributed by atoms with Crippen molar-refractivity contribution in [3.8, 4) is 0 Å². The first-order valence-corrected chi connectivity index (χ1v) is 11.0. The van der Waals surface area contributed by atoms with Gasteiger partial charge in [-0.2, -0.15) is 12.7 Å². The number of fused-ring (bicyclic) bond motifs is 3. The molecule has 1 aliphatic rings. The third kappa shape index (κ3) is 3.39. The fraction of sp³-hybridized carbons (Fsp3) is 0.350. The molecule has 0 bridgehead atoms. The molecule has 1 fully saturated rings. The van der Waals surface area contributed by atoms with Crippen molar-refractivity contribution in [2.75, 3.05) is 18.4 Å². The van der Waals surface area contributed by atoms with Crippen molar-refractivity contribution in [1.82, 2.24) is 8.87 Å². The zero-order valence-electron chi connectivity index (χ0n) is 15.8. The topological polar surface area (TPSA) is 97.4 Å². The van der Waals surface area contributed by atoms with Crippen molar-refractivity contribution in [2.24, 2.45) is 11.1 Å². The van der Waals surface area contributed by atoms with Crippen LogP contribution >= 0.6 is 0 Å². The first-order chi connectivity index (χ1) is 13.4. The monoisotopic (exact) mass is 400 g/mol. The average Bonchev–Trinajstić information content (AvgIpc) is 3.00. The molecule has 2 aromatic carbocycles. The largest absolute Gasteiger partial charge is 0.341 e. The van der Waals surface area contributed by atoms with Crippen LogP contribution in [0.25, 0.3) is 21.8 Å². The summed E-state index contributed by atoms with van der Waals surface area (Å²) in [5, 5.41) is 10.4. The predicted octanol–water partition coefficient (Wildman–Crippen LogP) is 2.67. The van der Waals surface area contributed by atoms with Gasteiger partial charge in [-0.15, -0.1) is 0 Å². The Labute approximate surface area is 164 Å². The number of piperidine rings is 1. The summed E-state index contributed by atoms with van der Waals surface area (Å²) in [6.07, 6.45) is 0.944. The quantitative estimate of drug-likeness (QED) is 0.704. The number of carbonyl (C=O) groups is 1. The van der Waals surface area contributed by atoms with E-state index in [-0.39, 0.29) is 24.9 Å². The van der Waals surface area contributed by atoms with Crippen LogP contribution in [0.1, 0.15) is 19.8 Å². The number of hydrogen-bond acceptors (Lipinski definition) is 3. The molecule has 0 saturated carbocycles. The third-order valence-electron chi connectivity index (χ3n) is 5.54. The molecular formula is C20H24N4O3S. The van der Waals surface area contributed by atoms with Crippen LogP contribution in [0.2, 0.25) is 0 Å². The number of amides is 1. The number of anilines is 1. The van der Waals surface area contributed by atoms with E-state index in [1.54, 1.807) is 0 Å². The summed E-state index contributed by atoms with van der Waals surface area (Å²) in [5.41, 5.74) is 3.08. The molecule has 0 aliphatic carbocycles. The first-order valence-electron chi connectivity index (χ1n) is 9.48. The fourth-order valence-corrected chi connectivity index (χ4v) is 4.81. The standard InChI is InChI=1S/C20H24N4O3S/c1-2-24-18-6-4-3-5-16(18)17-13-15(7-8-19(17)24)22-20(25)14-9-11-23(12-10-14)28(21,26)27/h3-8,13-14H,2,9-12H2,1H3,(H,22,25)(H2,21,26,27). The fourth-order valence-electron chi connectivity index (χ4n) is 4.09. The smallest absolute Gasteiger partial charge is 0.276 e. The minimum atomic E-state index is -3.68. The molecule has 1 saturated heterocycles. The number of para-hydroxylation sites is 1. The molecule has 8 heteroatoms. The van der Waals surface area contributed by atoms with Gasteiger partial charge in [-0.25, -0.2) is 5.14 Å². The van der Waals surface area contributed by atoms with Crippen molar-refractivity contribution >= 4 is 43.6 Å². The minimum absolute atomic E-state index is 0.0763. The number of hydrogen-bond donors (Lipinski definition) is 2. The van der Waals surface area contributed by atoms with Gasteiger partial charge in [-0.3, -0.25) is 4.79 Å².